The average Bonchev–Trinajstić information content (AvgIpc) is 3.09. The third-order valence-electron chi connectivity index (χ3n) is 3.64. The number of rotatable bonds is 7. The van der Waals surface area contributed by atoms with Gasteiger partial charge in [0, 0.05) is 5.69 Å². The van der Waals surface area contributed by atoms with Crippen LogP contribution in [0.5, 0.6) is 5.75 Å². The van der Waals surface area contributed by atoms with Crippen LogP contribution < -0.4 is 4.74 Å². The van der Waals surface area contributed by atoms with E-state index < -0.39 is 5.25 Å². The summed E-state index contributed by atoms with van der Waals surface area (Å²) in [5.41, 5.74) is 0.906. The molecule has 0 saturated heterocycles. The Morgan fingerprint density at radius 2 is 1.73 bits per heavy atom. The van der Waals surface area contributed by atoms with Crippen molar-refractivity contribution in [3.8, 4) is 11.4 Å². The molecule has 0 amide bonds. The van der Waals surface area contributed by atoms with Crippen molar-refractivity contribution in [1.82, 2.24) is 14.8 Å². The van der Waals surface area contributed by atoms with E-state index in [1.165, 1.54) is 18.9 Å². The molecule has 0 aliphatic heterocycles. The average molecular weight is 369 g/mol. The quantitative estimate of drug-likeness (QED) is 0.469. The lowest BCUT2D eigenvalue weighted by Gasteiger charge is -2.13. The molecule has 0 radical (unpaired) electrons. The minimum Gasteiger partial charge on any atom is -0.486 e. The van der Waals surface area contributed by atoms with Gasteiger partial charge in [-0.25, -0.2) is 0 Å². The van der Waals surface area contributed by atoms with E-state index in [-0.39, 0.29) is 12.6 Å². The molecular weight excluding hydrogens is 350 g/mol. The Morgan fingerprint density at radius 3 is 2.38 bits per heavy atom. The van der Waals surface area contributed by atoms with Crippen molar-refractivity contribution in [3.63, 3.8) is 0 Å². The molecule has 7 heteroatoms. The summed E-state index contributed by atoms with van der Waals surface area (Å²) in [5.74, 6) is 1.10. The van der Waals surface area contributed by atoms with Crippen molar-refractivity contribution >= 4 is 17.7 Å². The fourth-order valence-electron chi connectivity index (χ4n) is 2.34. The highest BCUT2D eigenvalue weighted by Gasteiger charge is 2.21. The molecule has 6 nitrogen and oxygen atoms in total. The molecule has 0 bridgehead atoms. The standard InChI is InChI=1S/C19H19N3O3S/c1-14(18(23)24-2)26-19-21-20-17(13-25-16-11-7-4-8-12-16)22(19)15-9-5-3-6-10-15/h3-12,14H,13H2,1-2H3/t14-/m1/s1. The summed E-state index contributed by atoms with van der Waals surface area (Å²) in [6.45, 7) is 2.04. The van der Waals surface area contributed by atoms with Crippen molar-refractivity contribution in [2.45, 2.75) is 23.9 Å². The van der Waals surface area contributed by atoms with Crippen molar-refractivity contribution in [2.24, 2.45) is 0 Å². The number of benzene rings is 2. The van der Waals surface area contributed by atoms with E-state index in [2.05, 4.69) is 10.2 Å². The number of hydrogen-bond donors (Lipinski definition) is 0. The molecule has 0 saturated carbocycles. The topological polar surface area (TPSA) is 66.2 Å². The monoisotopic (exact) mass is 369 g/mol. The molecule has 0 aliphatic carbocycles. The summed E-state index contributed by atoms with van der Waals surface area (Å²) in [6.07, 6.45) is 0. The minimum absolute atomic E-state index is 0.263. The maximum absolute atomic E-state index is 11.8. The Morgan fingerprint density at radius 1 is 1.08 bits per heavy atom. The molecule has 1 aromatic heterocycles. The molecule has 0 N–H and O–H groups in total. The second-order valence-electron chi connectivity index (χ2n) is 5.45. The molecule has 0 aliphatic rings. The number of aromatic nitrogens is 3. The lowest BCUT2D eigenvalue weighted by Crippen LogP contribution is -2.16. The van der Waals surface area contributed by atoms with Gasteiger partial charge in [0.05, 0.1) is 7.11 Å². The summed E-state index contributed by atoms with van der Waals surface area (Å²) in [6, 6.07) is 19.3. The second kappa shape index (κ2) is 8.53. The first kappa shape index (κ1) is 18.0. The van der Waals surface area contributed by atoms with Gasteiger partial charge in [-0.05, 0) is 31.2 Å². The van der Waals surface area contributed by atoms with E-state index in [4.69, 9.17) is 9.47 Å². The van der Waals surface area contributed by atoms with E-state index in [0.717, 1.165) is 11.4 Å². The third-order valence-corrected chi connectivity index (χ3v) is 4.66. The Hall–Kier alpha value is -2.80. The molecule has 1 heterocycles. The molecule has 0 fully saturated rings. The molecular formula is C19H19N3O3S. The zero-order valence-corrected chi connectivity index (χ0v) is 15.3. The summed E-state index contributed by atoms with van der Waals surface area (Å²) < 4.78 is 12.5. The highest BCUT2D eigenvalue weighted by Crippen LogP contribution is 2.26. The van der Waals surface area contributed by atoms with E-state index >= 15 is 0 Å². The number of ether oxygens (including phenoxy) is 2. The SMILES string of the molecule is COC(=O)[C@@H](C)Sc1nnc(COc2ccccc2)n1-c1ccccc1. The minimum atomic E-state index is -0.394. The molecule has 0 unspecified atom stereocenters. The van der Waals surface area contributed by atoms with Crippen molar-refractivity contribution < 1.29 is 14.3 Å². The Bertz CT molecular complexity index is 853. The number of hydrogen-bond acceptors (Lipinski definition) is 6. The smallest absolute Gasteiger partial charge is 0.318 e. The van der Waals surface area contributed by atoms with Crippen LogP contribution in [0.15, 0.2) is 65.8 Å². The number of carbonyl (C=O) groups excluding carboxylic acids is 1. The normalized spacial score (nSPS) is 11.8. The van der Waals surface area contributed by atoms with E-state index in [0.29, 0.717) is 11.0 Å². The summed E-state index contributed by atoms with van der Waals surface area (Å²) >= 11 is 1.30. The van der Waals surface area contributed by atoms with Gasteiger partial charge >= 0.3 is 5.97 Å². The van der Waals surface area contributed by atoms with E-state index in [1.54, 1.807) is 6.92 Å². The van der Waals surface area contributed by atoms with Crippen LogP contribution in [0.4, 0.5) is 0 Å². The Kier molecular flexibility index (Phi) is 5.91. The number of carbonyl (C=O) groups is 1. The molecule has 26 heavy (non-hydrogen) atoms. The van der Waals surface area contributed by atoms with Crippen LogP contribution in [0.3, 0.4) is 0 Å². The van der Waals surface area contributed by atoms with Crippen LogP contribution in [0.25, 0.3) is 5.69 Å². The lowest BCUT2D eigenvalue weighted by molar-refractivity contribution is -0.139. The van der Waals surface area contributed by atoms with Crippen LogP contribution in [-0.4, -0.2) is 33.1 Å². The van der Waals surface area contributed by atoms with Crippen LogP contribution in [-0.2, 0) is 16.1 Å². The van der Waals surface area contributed by atoms with Gasteiger partial charge < -0.3 is 9.47 Å². The highest BCUT2D eigenvalue weighted by molar-refractivity contribution is 8.00. The molecule has 1 atom stereocenters. The first-order valence-corrected chi connectivity index (χ1v) is 8.99. The summed E-state index contributed by atoms with van der Waals surface area (Å²) in [5, 5.41) is 8.73. The molecule has 3 rings (SSSR count). The largest absolute Gasteiger partial charge is 0.486 e. The number of methoxy groups -OCH3 is 1. The summed E-state index contributed by atoms with van der Waals surface area (Å²) in [4.78, 5) is 11.8. The Labute approximate surface area is 156 Å². The predicted molar refractivity (Wildman–Crippen MR) is 99.5 cm³/mol. The maximum atomic E-state index is 11.8. The van der Waals surface area contributed by atoms with Gasteiger partial charge in [-0.15, -0.1) is 10.2 Å². The third kappa shape index (κ3) is 4.23. The van der Waals surface area contributed by atoms with Gasteiger partial charge in [-0.3, -0.25) is 9.36 Å². The maximum Gasteiger partial charge on any atom is 0.318 e. The molecule has 0 spiro atoms. The van der Waals surface area contributed by atoms with Crippen LogP contribution in [0.2, 0.25) is 0 Å². The zero-order valence-electron chi connectivity index (χ0n) is 14.5. The van der Waals surface area contributed by atoms with Gasteiger partial charge in [-0.2, -0.15) is 0 Å². The predicted octanol–water partition coefficient (Wildman–Crippen LogP) is 3.50. The van der Waals surface area contributed by atoms with Gasteiger partial charge in [-0.1, -0.05) is 48.2 Å². The number of para-hydroxylation sites is 2. The highest BCUT2D eigenvalue weighted by atomic mass is 32.2. The molecule has 3 aromatic rings. The Balaban J connectivity index is 1.88. The first-order valence-electron chi connectivity index (χ1n) is 8.11. The number of esters is 1. The van der Waals surface area contributed by atoms with E-state index in [9.17, 15) is 4.79 Å². The van der Waals surface area contributed by atoms with Gasteiger partial charge in [0.1, 0.15) is 17.6 Å². The van der Waals surface area contributed by atoms with Crippen molar-refractivity contribution in [3.05, 3.63) is 66.5 Å². The fraction of sp³-hybridized carbons (Fsp3) is 0.211. The van der Waals surface area contributed by atoms with Gasteiger partial charge in [0.25, 0.3) is 0 Å². The van der Waals surface area contributed by atoms with Crippen LogP contribution >= 0.6 is 11.8 Å². The van der Waals surface area contributed by atoms with Crippen molar-refractivity contribution in [2.75, 3.05) is 7.11 Å². The van der Waals surface area contributed by atoms with Gasteiger partial charge in [0.2, 0.25) is 0 Å². The lowest BCUT2D eigenvalue weighted by atomic mass is 10.3. The second-order valence-corrected chi connectivity index (χ2v) is 6.76. The van der Waals surface area contributed by atoms with Crippen LogP contribution in [0, 0.1) is 0 Å². The number of nitrogens with zero attached hydrogens (tertiary/aromatic N) is 3. The zero-order chi connectivity index (χ0) is 18.4. The van der Waals surface area contributed by atoms with Crippen LogP contribution in [0.1, 0.15) is 12.7 Å². The summed E-state index contributed by atoms with van der Waals surface area (Å²) in [7, 11) is 1.38. The van der Waals surface area contributed by atoms with Crippen molar-refractivity contribution in [1.29, 1.82) is 0 Å². The fourth-order valence-corrected chi connectivity index (χ4v) is 3.26. The first-order chi connectivity index (χ1) is 12.7. The molecule has 2 aromatic carbocycles. The van der Waals surface area contributed by atoms with E-state index in [1.807, 2.05) is 65.2 Å². The number of thioether (sulfide) groups is 1. The van der Waals surface area contributed by atoms with Gasteiger partial charge in [0.15, 0.2) is 11.0 Å². The molecule has 134 valence electrons.